The lowest BCUT2D eigenvalue weighted by atomic mass is 10.1. The van der Waals surface area contributed by atoms with Crippen molar-refractivity contribution in [3.8, 4) is 0 Å². The molecule has 1 aromatic heterocycles. The zero-order valence-electron chi connectivity index (χ0n) is 10.4. The van der Waals surface area contributed by atoms with Gasteiger partial charge >= 0.3 is 5.97 Å². The number of aliphatic carboxylic acids is 1. The van der Waals surface area contributed by atoms with Gasteiger partial charge in [0.1, 0.15) is 0 Å². The highest BCUT2D eigenvalue weighted by Crippen LogP contribution is 2.20. The summed E-state index contributed by atoms with van der Waals surface area (Å²) in [7, 11) is 0. The van der Waals surface area contributed by atoms with E-state index < -0.39 is 5.97 Å². The smallest absolute Gasteiger partial charge is 0.303 e. The fourth-order valence-corrected chi connectivity index (χ4v) is 2.13. The topological polar surface area (TPSA) is 79.5 Å². The van der Waals surface area contributed by atoms with E-state index in [1.54, 1.807) is 24.3 Å². The van der Waals surface area contributed by atoms with Crippen LogP contribution in [0.4, 0.5) is 5.69 Å². The van der Waals surface area contributed by atoms with Crippen LogP contribution in [0.15, 0.2) is 45.7 Å². The van der Waals surface area contributed by atoms with Crippen molar-refractivity contribution in [2.45, 2.75) is 12.8 Å². The third-order valence-corrected chi connectivity index (χ3v) is 3.29. The van der Waals surface area contributed by atoms with Gasteiger partial charge in [-0.3, -0.25) is 9.59 Å². The van der Waals surface area contributed by atoms with Crippen LogP contribution in [0.1, 0.15) is 22.3 Å². The van der Waals surface area contributed by atoms with Crippen LogP contribution in [0.2, 0.25) is 0 Å². The van der Waals surface area contributed by atoms with Gasteiger partial charge in [-0.15, -0.1) is 0 Å². The molecule has 104 valence electrons. The Morgan fingerprint density at radius 3 is 2.75 bits per heavy atom. The predicted octanol–water partition coefficient (Wildman–Crippen LogP) is 3.31. The number of aryl methyl sites for hydroxylation is 1. The van der Waals surface area contributed by atoms with Crippen LogP contribution in [0.25, 0.3) is 0 Å². The number of hydrogen-bond acceptors (Lipinski definition) is 3. The van der Waals surface area contributed by atoms with Crippen LogP contribution < -0.4 is 5.32 Å². The van der Waals surface area contributed by atoms with E-state index >= 15 is 0 Å². The molecule has 6 heteroatoms. The number of hydrogen-bond donors (Lipinski definition) is 2. The second-order valence-corrected chi connectivity index (χ2v) is 4.88. The Morgan fingerprint density at radius 1 is 1.30 bits per heavy atom. The number of halogens is 1. The molecular formula is C14H12BrNO4. The molecule has 0 spiro atoms. The van der Waals surface area contributed by atoms with Crippen LogP contribution in [-0.2, 0) is 11.2 Å². The van der Waals surface area contributed by atoms with Gasteiger partial charge < -0.3 is 14.8 Å². The van der Waals surface area contributed by atoms with Crippen molar-refractivity contribution in [1.82, 2.24) is 0 Å². The van der Waals surface area contributed by atoms with E-state index in [-0.39, 0.29) is 12.3 Å². The summed E-state index contributed by atoms with van der Waals surface area (Å²) < 4.78 is 5.37. The number of anilines is 1. The highest BCUT2D eigenvalue weighted by atomic mass is 79.9. The van der Waals surface area contributed by atoms with Gasteiger partial charge in [0.05, 0.1) is 11.8 Å². The van der Waals surface area contributed by atoms with E-state index in [4.69, 9.17) is 9.52 Å². The normalized spacial score (nSPS) is 10.2. The Labute approximate surface area is 123 Å². The summed E-state index contributed by atoms with van der Waals surface area (Å²) in [5.74, 6) is -1.14. The maximum Gasteiger partial charge on any atom is 0.303 e. The monoisotopic (exact) mass is 337 g/mol. The quantitative estimate of drug-likeness (QED) is 0.877. The number of amides is 1. The molecule has 2 rings (SSSR count). The molecule has 0 radical (unpaired) electrons. The van der Waals surface area contributed by atoms with Crippen LogP contribution in [0.3, 0.4) is 0 Å². The fraction of sp³-hybridized carbons (Fsp3) is 0.143. The third-order valence-electron chi connectivity index (χ3n) is 2.67. The van der Waals surface area contributed by atoms with Gasteiger partial charge in [0.25, 0.3) is 5.91 Å². The van der Waals surface area contributed by atoms with Gasteiger partial charge in [0, 0.05) is 12.1 Å². The molecule has 0 aliphatic rings. The number of carboxylic acid groups (broad SMARTS) is 1. The molecule has 0 fully saturated rings. The molecule has 1 aromatic carbocycles. The zero-order chi connectivity index (χ0) is 14.5. The highest BCUT2D eigenvalue weighted by Gasteiger charge is 2.12. The second-order valence-electron chi connectivity index (χ2n) is 4.16. The van der Waals surface area contributed by atoms with Gasteiger partial charge in [-0.1, -0.05) is 12.1 Å². The molecule has 0 aliphatic carbocycles. The van der Waals surface area contributed by atoms with Crippen molar-refractivity contribution >= 4 is 33.5 Å². The average molecular weight is 338 g/mol. The maximum absolute atomic E-state index is 12.0. The Balaban J connectivity index is 2.06. The number of carboxylic acids is 1. The summed E-state index contributed by atoms with van der Waals surface area (Å²) in [6.45, 7) is 0. The van der Waals surface area contributed by atoms with Gasteiger partial charge in [-0.2, -0.15) is 0 Å². The van der Waals surface area contributed by atoms with Crippen molar-refractivity contribution in [3.05, 3.63) is 52.4 Å². The number of rotatable bonds is 5. The summed E-state index contributed by atoms with van der Waals surface area (Å²) in [6.07, 6.45) is 1.90. The number of benzene rings is 1. The SMILES string of the molecule is O=C(O)CCc1cccc(NC(=O)c2ccoc2Br)c1. The van der Waals surface area contributed by atoms with E-state index in [9.17, 15) is 9.59 Å². The molecule has 0 bridgehead atoms. The van der Waals surface area contributed by atoms with Crippen molar-refractivity contribution in [2.24, 2.45) is 0 Å². The zero-order valence-corrected chi connectivity index (χ0v) is 12.0. The minimum Gasteiger partial charge on any atom is -0.481 e. The molecule has 0 aliphatic heterocycles. The van der Waals surface area contributed by atoms with E-state index in [1.807, 2.05) is 6.07 Å². The lowest BCUT2D eigenvalue weighted by Gasteiger charge is -2.06. The van der Waals surface area contributed by atoms with Crippen LogP contribution in [-0.4, -0.2) is 17.0 Å². The number of carbonyl (C=O) groups is 2. The highest BCUT2D eigenvalue weighted by molar-refractivity contribution is 9.10. The lowest BCUT2D eigenvalue weighted by molar-refractivity contribution is -0.136. The molecule has 1 heterocycles. The predicted molar refractivity (Wildman–Crippen MR) is 76.8 cm³/mol. The first kappa shape index (κ1) is 14.3. The summed E-state index contributed by atoms with van der Waals surface area (Å²) in [5, 5.41) is 11.4. The van der Waals surface area contributed by atoms with E-state index in [2.05, 4.69) is 21.2 Å². The fourth-order valence-electron chi connectivity index (χ4n) is 1.71. The van der Waals surface area contributed by atoms with E-state index in [0.29, 0.717) is 22.3 Å². The van der Waals surface area contributed by atoms with Gasteiger partial charge in [0.15, 0.2) is 4.67 Å². The van der Waals surface area contributed by atoms with E-state index in [0.717, 1.165) is 5.56 Å². The summed E-state index contributed by atoms with van der Waals surface area (Å²) in [6, 6.07) is 8.67. The molecule has 0 saturated heterocycles. The van der Waals surface area contributed by atoms with Crippen molar-refractivity contribution in [3.63, 3.8) is 0 Å². The standard InChI is InChI=1S/C14H12BrNO4/c15-13-11(6-7-20-13)14(19)16-10-3-1-2-9(8-10)4-5-12(17)18/h1-3,6-8H,4-5H2,(H,16,19)(H,17,18). The summed E-state index contributed by atoms with van der Waals surface area (Å²) in [4.78, 5) is 22.5. The Hall–Kier alpha value is -2.08. The Morgan fingerprint density at radius 2 is 2.10 bits per heavy atom. The minimum absolute atomic E-state index is 0.0602. The van der Waals surface area contributed by atoms with Crippen molar-refractivity contribution < 1.29 is 19.1 Å². The second kappa shape index (κ2) is 6.38. The number of carbonyl (C=O) groups excluding carboxylic acids is 1. The van der Waals surface area contributed by atoms with Crippen LogP contribution >= 0.6 is 15.9 Å². The molecule has 2 N–H and O–H groups in total. The van der Waals surface area contributed by atoms with Gasteiger partial charge in [-0.05, 0) is 46.1 Å². The molecule has 0 atom stereocenters. The number of nitrogens with one attached hydrogen (secondary N) is 1. The lowest BCUT2D eigenvalue weighted by Crippen LogP contribution is -2.11. The number of furan rings is 1. The first-order valence-electron chi connectivity index (χ1n) is 5.91. The molecule has 0 saturated carbocycles. The summed E-state index contributed by atoms with van der Waals surface area (Å²) >= 11 is 3.14. The largest absolute Gasteiger partial charge is 0.481 e. The van der Waals surface area contributed by atoms with Crippen LogP contribution in [0.5, 0.6) is 0 Å². The first-order valence-corrected chi connectivity index (χ1v) is 6.70. The van der Waals surface area contributed by atoms with Crippen molar-refractivity contribution in [2.75, 3.05) is 5.32 Å². The first-order chi connectivity index (χ1) is 9.56. The van der Waals surface area contributed by atoms with E-state index in [1.165, 1.54) is 6.26 Å². The van der Waals surface area contributed by atoms with Crippen molar-refractivity contribution in [1.29, 1.82) is 0 Å². The average Bonchev–Trinajstić information content (AvgIpc) is 2.83. The van der Waals surface area contributed by atoms with Gasteiger partial charge in [0.2, 0.25) is 0 Å². The third kappa shape index (κ3) is 3.71. The Bertz CT molecular complexity index is 636. The Kier molecular flexibility index (Phi) is 4.57. The minimum atomic E-state index is -0.846. The summed E-state index contributed by atoms with van der Waals surface area (Å²) in [5.41, 5.74) is 1.88. The molecule has 0 unspecified atom stereocenters. The molecule has 5 nitrogen and oxygen atoms in total. The molecular weight excluding hydrogens is 326 g/mol. The molecule has 2 aromatic rings. The van der Waals surface area contributed by atoms with Crippen LogP contribution in [0, 0.1) is 0 Å². The molecule has 1 amide bonds. The molecule has 20 heavy (non-hydrogen) atoms. The maximum atomic E-state index is 12.0. The van der Waals surface area contributed by atoms with Gasteiger partial charge in [-0.25, -0.2) is 0 Å².